The minimum absolute atomic E-state index is 0.0783. The summed E-state index contributed by atoms with van der Waals surface area (Å²) in [5.74, 6) is -1.51. The average Bonchev–Trinajstić information content (AvgIpc) is 2.99. The number of carboxylic acids is 1. The number of rotatable bonds is 7. The van der Waals surface area contributed by atoms with Crippen LogP contribution in [0.3, 0.4) is 0 Å². The van der Waals surface area contributed by atoms with Crippen LogP contribution < -0.4 is 15.4 Å². The number of hydrogen-bond donors (Lipinski definition) is 3. The minimum Gasteiger partial charge on any atom is -0.496 e. The van der Waals surface area contributed by atoms with E-state index in [0.717, 1.165) is 10.5 Å². The lowest BCUT2D eigenvalue weighted by molar-refractivity contribution is -0.134. The van der Waals surface area contributed by atoms with Gasteiger partial charge in [0.25, 0.3) is 5.91 Å². The number of nitrogens with one attached hydrogen (secondary N) is 2. The summed E-state index contributed by atoms with van der Waals surface area (Å²) in [6, 6.07) is 10.1. The third-order valence-electron chi connectivity index (χ3n) is 5.31. The Morgan fingerprint density at radius 1 is 1.16 bits per heavy atom. The second-order valence-corrected chi connectivity index (χ2v) is 7.20. The molecule has 2 aromatic rings. The van der Waals surface area contributed by atoms with E-state index in [0.29, 0.717) is 23.4 Å². The van der Waals surface area contributed by atoms with Crippen molar-refractivity contribution < 1.29 is 29.0 Å². The van der Waals surface area contributed by atoms with Gasteiger partial charge in [-0.05, 0) is 60.9 Å². The maximum atomic E-state index is 13.2. The lowest BCUT2D eigenvalue weighted by Crippen LogP contribution is -2.44. The molecule has 1 saturated heterocycles. The summed E-state index contributed by atoms with van der Waals surface area (Å²) in [6.45, 7) is 3.15. The van der Waals surface area contributed by atoms with Crippen molar-refractivity contribution in [2.45, 2.75) is 25.8 Å². The van der Waals surface area contributed by atoms with Crippen molar-refractivity contribution in [2.75, 3.05) is 19.0 Å². The topological polar surface area (TPSA) is 125 Å². The minimum atomic E-state index is -1.27. The van der Waals surface area contributed by atoms with Crippen LogP contribution in [0.2, 0.25) is 0 Å². The number of amides is 4. The molecule has 1 unspecified atom stereocenters. The van der Waals surface area contributed by atoms with Crippen LogP contribution in [0.25, 0.3) is 0 Å². The highest BCUT2D eigenvalue weighted by Gasteiger charge is 2.51. The highest BCUT2D eigenvalue weighted by Crippen LogP contribution is 2.34. The number of aryl methyl sites for hydroxylation is 1. The van der Waals surface area contributed by atoms with E-state index in [4.69, 9.17) is 9.84 Å². The van der Waals surface area contributed by atoms with Crippen LogP contribution in [0, 0.1) is 6.92 Å². The number of carboxylic acid groups (broad SMARTS) is 1. The number of nitrogens with zero attached hydrogens (tertiary/aromatic N) is 1. The zero-order valence-electron chi connectivity index (χ0n) is 17.4. The van der Waals surface area contributed by atoms with Gasteiger partial charge in [0.05, 0.1) is 12.7 Å². The molecule has 0 radical (unpaired) electrons. The van der Waals surface area contributed by atoms with Gasteiger partial charge in [0.2, 0.25) is 5.91 Å². The number of ether oxygens (including phenoxy) is 1. The summed E-state index contributed by atoms with van der Waals surface area (Å²) in [4.78, 5) is 50.0. The number of anilines is 1. The molecule has 0 spiro atoms. The zero-order chi connectivity index (χ0) is 22.8. The molecule has 162 valence electrons. The van der Waals surface area contributed by atoms with E-state index in [1.54, 1.807) is 32.2 Å². The van der Waals surface area contributed by atoms with Crippen molar-refractivity contribution in [1.82, 2.24) is 10.2 Å². The number of carbonyl (C=O) groups excluding carboxylic acids is 3. The van der Waals surface area contributed by atoms with E-state index < -0.39 is 35.9 Å². The largest absolute Gasteiger partial charge is 0.496 e. The second-order valence-electron chi connectivity index (χ2n) is 7.20. The van der Waals surface area contributed by atoms with Crippen molar-refractivity contribution in [3.05, 3.63) is 59.2 Å². The first-order valence-corrected chi connectivity index (χ1v) is 9.64. The number of methoxy groups -OCH3 is 1. The first-order valence-electron chi connectivity index (χ1n) is 9.64. The Balaban J connectivity index is 1.77. The van der Waals surface area contributed by atoms with Gasteiger partial charge in [-0.2, -0.15) is 0 Å². The van der Waals surface area contributed by atoms with Gasteiger partial charge in [0, 0.05) is 5.69 Å². The van der Waals surface area contributed by atoms with Crippen LogP contribution in [0.15, 0.2) is 42.5 Å². The van der Waals surface area contributed by atoms with Crippen LogP contribution in [0.4, 0.5) is 10.5 Å². The normalized spacial score (nSPS) is 18.0. The lowest BCUT2D eigenvalue weighted by Gasteiger charge is -2.26. The molecular weight excluding hydrogens is 402 g/mol. The Morgan fingerprint density at radius 2 is 1.84 bits per heavy atom. The van der Waals surface area contributed by atoms with E-state index in [-0.39, 0.29) is 5.56 Å². The van der Waals surface area contributed by atoms with Crippen LogP contribution in [0.5, 0.6) is 5.75 Å². The molecule has 0 aliphatic carbocycles. The number of aromatic carboxylic acids is 1. The Kier molecular flexibility index (Phi) is 5.96. The van der Waals surface area contributed by atoms with E-state index >= 15 is 0 Å². The standard InChI is InChI=1S/C22H23N3O6/c1-4-22(15-7-10-17(31-3)13(2)11-15)20(29)25(21(30)24-22)12-18(26)23-16-8-5-14(6-9-16)19(27)28/h5-11H,4,12H2,1-3H3,(H,23,26)(H,24,30)(H,27,28). The third kappa shape index (κ3) is 4.07. The first-order chi connectivity index (χ1) is 14.7. The number of benzene rings is 2. The Labute approximate surface area is 179 Å². The number of imide groups is 1. The van der Waals surface area contributed by atoms with Crippen molar-refractivity contribution in [3.8, 4) is 5.75 Å². The summed E-state index contributed by atoms with van der Waals surface area (Å²) >= 11 is 0. The fourth-order valence-electron chi connectivity index (χ4n) is 3.59. The van der Waals surface area contributed by atoms with Crippen LogP contribution >= 0.6 is 0 Å². The van der Waals surface area contributed by atoms with Crippen LogP contribution in [-0.2, 0) is 15.1 Å². The van der Waals surface area contributed by atoms with Crippen molar-refractivity contribution in [1.29, 1.82) is 0 Å². The smallest absolute Gasteiger partial charge is 0.335 e. The van der Waals surface area contributed by atoms with Gasteiger partial charge in [0.1, 0.15) is 17.8 Å². The quantitative estimate of drug-likeness (QED) is 0.586. The molecular formula is C22H23N3O6. The summed E-state index contributed by atoms with van der Waals surface area (Å²) in [6.07, 6.45) is 0.304. The fraction of sp³-hybridized carbons (Fsp3) is 0.273. The van der Waals surface area contributed by atoms with Gasteiger partial charge in [-0.15, -0.1) is 0 Å². The molecule has 1 aliphatic heterocycles. The lowest BCUT2D eigenvalue weighted by atomic mass is 9.86. The van der Waals surface area contributed by atoms with E-state index in [1.807, 2.05) is 6.92 Å². The molecule has 1 aliphatic rings. The predicted molar refractivity (Wildman–Crippen MR) is 112 cm³/mol. The Hall–Kier alpha value is -3.88. The van der Waals surface area contributed by atoms with Crippen molar-refractivity contribution in [3.63, 3.8) is 0 Å². The Morgan fingerprint density at radius 3 is 2.39 bits per heavy atom. The monoisotopic (exact) mass is 425 g/mol. The molecule has 3 rings (SSSR count). The summed E-state index contributed by atoms with van der Waals surface area (Å²) in [7, 11) is 1.55. The van der Waals surface area contributed by atoms with Gasteiger partial charge in [-0.3, -0.25) is 14.5 Å². The summed E-state index contributed by atoms with van der Waals surface area (Å²) in [5.41, 5.74) is 0.594. The summed E-state index contributed by atoms with van der Waals surface area (Å²) in [5, 5.41) is 14.2. The van der Waals surface area contributed by atoms with Crippen molar-refractivity contribution in [2.24, 2.45) is 0 Å². The second kappa shape index (κ2) is 8.47. The highest BCUT2D eigenvalue weighted by atomic mass is 16.5. The van der Waals surface area contributed by atoms with Crippen LogP contribution in [0.1, 0.15) is 34.8 Å². The van der Waals surface area contributed by atoms with E-state index in [1.165, 1.54) is 24.3 Å². The third-order valence-corrected chi connectivity index (χ3v) is 5.31. The molecule has 1 atom stereocenters. The number of hydrogen-bond acceptors (Lipinski definition) is 5. The Bertz CT molecular complexity index is 1050. The molecule has 31 heavy (non-hydrogen) atoms. The summed E-state index contributed by atoms with van der Waals surface area (Å²) < 4.78 is 5.26. The van der Waals surface area contributed by atoms with Gasteiger partial charge < -0.3 is 20.5 Å². The first kappa shape index (κ1) is 21.8. The van der Waals surface area contributed by atoms with E-state index in [9.17, 15) is 19.2 Å². The molecule has 3 N–H and O–H groups in total. The predicted octanol–water partition coefficient (Wildman–Crippen LogP) is 2.50. The van der Waals surface area contributed by atoms with Gasteiger partial charge >= 0.3 is 12.0 Å². The van der Waals surface area contributed by atoms with Gasteiger partial charge in [0.15, 0.2) is 0 Å². The molecule has 0 aromatic heterocycles. The average molecular weight is 425 g/mol. The highest BCUT2D eigenvalue weighted by molar-refractivity contribution is 6.10. The van der Waals surface area contributed by atoms with Gasteiger partial charge in [-0.1, -0.05) is 13.0 Å². The molecule has 0 saturated carbocycles. The maximum absolute atomic E-state index is 13.2. The van der Waals surface area contributed by atoms with E-state index in [2.05, 4.69) is 10.6 Å². The molecule has 4 amide bonds. The van der Waals surface area contributed by atoms with Gasteiger partial charge in [-0.25, -0.2) is 9.59 Å². The molecule has 1 heterocycles. The number of carbonyl (C=O) groups is 4. The maximum Gasteiger partial charge on any atom is 0.335 e. The number of urea groups is 1. The zero-order valence-corrected chi connectivity index (χ0v) is 17.4. The van der Waals surface area contributed by atoms with Crippen LogP contribution in [-0.4, -0.2) is 47.5 Å². The molecule has 9 nitrogen and oxygen atoms in total. The van der Waals surface area contributed by atoms with Crippen molar-refractivity contribution >= 4 is 29.5 Å². The molecule has 0 bridgehead atoms. The SMILES string of the molecule is CCC1(c2ccc(OC)c(C)c2)NC(=O)N(CC(=O)Nc2ccc(C(=O)O)cc2)C1=O. The fourth-order valence-corrected chi connectivity index (χ4v) is 3.59. The molecule has 1 fully saturated rings. The molecule has 9 heteroatoms. The molecule has 2 aromatic carbocycles.